The van der Waals surface area contributed by atoms with E-state index in [1.54, 1.807) is 0 Å². The molecule has 5 rings (SSSR count). The van der Waals surface area contributed by atoms with Crippen LogP contribution in [-0.4, -0.2) is 58.9 Å². The summed E-state index contributed by atoms with van der Waals surface area (Å²) in [6.07, 6.45) is 0.910. The third-order valence-electron chi connectivity index (χ3n) is 8.21. The molecule has 4 N–H and O–H groups in total. The molecule has 0 aromatic rings. The Balaban J connectivity index is 1.36. The standard InChI is InChI=1S/C24H36N2O10/c1-12-4-5-15-13(2)21(33-22-24(15)14(12)10-11-23(3,34-22)35-36-24)32-19(29)9-8-18(28)26-16(20(30)31)6-7-17(25)27/h12-16,21-22H,4-11H2,1-3H3,(H2,25,27)(H,26,28)(H,30,31)/t12-,13-,14+,15+,16-,21-,22-,23-,24-/m1/s1. The van der Waals surface area contributed by atoms with Gasteiger partial charge in [0.1, 0.15) is 6.04 Å². The molecule has 4 saturated heterocycles. The lowest BCUT2D eigenvalue weighted by molar-refractivity contribution is -0.576. The number of hydrogen-bond acceptors (Lipinski definition) is 9. The summed E-state index contributed by atoms with van der Waals surface area (Å²) < 4.78 is 18.1. The minimum absolute atomic E-state index is 0.0113. The van der Waals surface area contributed by atoms with Crippen molar-refractivity contribution in [3.05, 3.63) is 0 Å². The van der Waals surface area contributed by atoms with Crippen LogP contribution in [0.5, 0.6) is 0 Å². The van der Waals surface area contributed by atoms with Gasteiger partial charge in [-0.05, 0) is 44.4 Å². The van der Waals surface area contributed by atoms with Gasteiger partial charge in [0.05, 0.1) is 6.42 Å². The molecule has 5 aliphatic rings. The molecule has 5 fully saturated rings. The molecular formula is C24H36N2O10. The first-order chi connectivity index (χ1) is 16.9. The second kappa shape index (κ2) is 10.2. The molecule has 0 radical (unpaired) electrons. The second-order valence-corrected chi connectivity index (χ2v) is 10.7. The molecule has 4 aliphatic heterocycles. The number of rotatable bonds is 9. The van der Waals surface area contributed by atoms with Crippen LogP contribution in [0.3, 0.4) is 0 Å². The molecule has 4 heterocycles. The van der Waals surface area contributed by atoms with Crippen molar-refractivity contribution in [1.82, 2.24) is 5.32 Å². The average molecular weight is 513 g/mol. The van der Waals surface area contributed by atoms with Gasteiger partial charge in [0.15, 0.2) is 11.9 Å². The minimum Gasteiger partial charge on any atom is -0.480 e. The third-order valence-corrected chi connectivity index (χ3v) is 8.21. The van der Waals surface area contributed by atoms with Gasteiger partial charge in [0.25, 0.3) is 0 Å². The van der Waals surface area contributed by atoms with Gasteiger partial charge in [0, 0.05) is 31.1 Å². The smallest absolute Gasteiger partial charge is 0.326 e. The van der Waals surface area contributed by atoms with Gasteiger partial charge in [-0.15, -0.1) is 0 Å². The van der Waals surface area contributed by atoms with Gasteiger partial charge in [0.2, 0.25) is 23.9 Å². The van der Waals surface area contributed by atoms with Gasteiger partial charge < -0.3 is 30.4 Å². The second-order valence-electron chi connectivity index (χ2n) is 10.7. The quantitative estimate of drug-likeness (QED) is 0.302. The molecule has 0 unspecified atom stereocenters. The fraction of sp³-hybridized carbons (Fsp3) is 0.833. The lowest BCUT2D eigenvalue weighted by Gasteiger charge is -2.59. The maximum atomic E-state index is 12.6. The highest BCUT2D eigenvalue weighted by molar-refractivity contribution is 5.86. The van der Waals surface area contributed by atoms with Crippen LogP contribution in [0.15, 0.2) is 0 Å². The van der Waals surface area contributed by atoms with Crippen LogP contribution in [0.4, 0.5) is 0 Å². The first-order valence-electron chi connectivity index (χ1n) is 12.7. The number of carboxylic acid groups (broad SMARTS) is 1. The number of nitrogens with two attached hydrogens (primary N) is 1. The number of carboxylic acids is 1. The highest BCUT2D eigenvalue weighted by Gasteiger charge is 2.69. The first-order valence-corrected chi connectivity index (χ1v) is 12.7. The van der Waals surface area contributed by atoms with E-state index in [9.17, 15) is 24.3 Å². The highest BCUT2D eigenvalue weighted by atomic mass is 17.3. The van der Waals surface area contributed by atoms with Crippen LogP contribution >= 0.6 is 0 Å². The fourth-order valence-electron chi connectivity index (χ4n) is 6.22. The molecule has 1 saturated carbocycles. The van der Waals surface area contributed by atoms with E-state index >= 15 is 0 Å². The Morgan fingerprint density at radius 2 is 1.83 bits per heavy atom. The Bertz CT molecular complexity index is 898. The monoisotopic (exact) mass is 512 g/mol. The summed E-state index contributed by atoms with van der Waals surface area (Å²) in [6, 6.07) is -1.27. The fourth-order valence-corrected chi connectivity index (χ4v) is 6.22. The Kier molecular flexibility index (Phi) is 7.61. The zero-order valence-corrected chi connectivity index (χ0v) is 20.9. The highest BCUT2D eigenvalue weighted by Crippen LogP contribution is 2.60. The van der Waals surface area contributed by atoms with E-state index in [0.717, 1.165) is 19.3 Å². The topological polar surface area (TPSA) is 173 Å². The van der Waals surface area contributed by atoms with Crippen LogP contribution in [0.2, 0.25) is 0 Å². The number of carbonyl (C=O) groups is 4. The van der Waals surface area contributed by atoms with Crippen molar-refractivity contribution < 1.29 is 48.3 Å². The molecule has 0 aromatic carbocycles. The lowest BCUT2D eigenvalue weighted by atomic mass is 9.58. The van der Waals surface area contributed by atoms with Crippen LogP contribution in [0.25, 0.3) is 0 Å². The molecule has 202 valence electrons. The number of nitrogens with one attached hydrogen (secondary N) is 1. The van der Waals surface area contributed by atoms with Gasteiger partial charge >= 0.3 is 11.9 Å². The van der Waals surface area contributed by atoms with E-state index < -0.39 is 53.8 Å². The van der Waals surface area contributed by atoms with Crippen LogP contribution in [-0.2, 0) is 43.2 Å². The maximum Gasteiger partial charge on any atom is 0.326 e. The Hall–Kier alpha value is -2.28. The largest absolute Gasteiger partial charge is 0.480 e. The van der Waals surface area contributed by atoms with E-state index in [0.29, 0.717) is 12.3 Å². The predicted molar refractivity (Wildman–Crippen MR) is 120 cm³/mol. The van der Waals surface area contributed by atoms with Crippen molar-refractivity contribution in [3.8, 4) is 0 Å². The van der Waals surface area contributed by atoms with Gasteiger partial charge in [-0.1, -0.05) is 13.8 Å². The number of carbonyl (C=O) groups excluding carboxylic acids is 3. The van der Waals surface area contributed by atoms with E-state index in [4.69, 9.17) is 29.7 Å². The summed E-state index contributed by atoms with van der Waals surface area (Å²) in [5.74, 6) is -3.82. The Morgan fingerprint density at radius 3 is 2.53 bits per heavy atom. The third kappa shape index (κ3) is 5.09. The number of fused-ring (bicyclic) bond motifs is 2. The number of hydrogen-bond donors (Lipinski definition) is 3. The zero-order valence-electron chi connectivity index (χ0n) is 20.9. The molecule has 0 aromatic heterocycles. The summed E-state index contributed by atoms with van der Waals surface area (Å²) in [6.45, 7) is 5.97. The normalized spacial score (nSPS) is 39.9. The molecule has 1 aliphatic carbocycles. The molecule has 12 heteroatoms. The number of ether oxygens (including phenoxy) is 3. The van der Waals surface area contributed by atoms with E-state index in [1.807, 2.05) is 13.8 Å². The van der Waals surface area contributed by atoms with E-state index in [2.05, 4.69) is 12.2 Å². The van der Waals surface area contributed by atoms with Crippen molar-refractivity contribution >= 4 is 23.8 Å². The van der Waals surface area contributed by atoms with Crippen molar-refractivity contribution in [1.29, 1.82) is 0 Å². The van der Waals surface area contributed by atoms with E-state index in [-0.39, 0.29) is 43.4 Å². The van der Waals surface area contributed by atoms with E-state index in [1.165, 1.54) is 0 Å². The van der Waals surface area contributed by atoms with Crippen molar-refractivity contribution in [2.24, 2.45) is 29.4 Å². The molecule has 9 atom stereocenters. The van der Waals surface area contributed by atoms with Crippen molar-refractivity contribution in [3.63, 3.8) is 0 Å². The molecule has 1 spiro atoms. The van der Waals surface area contributed by atoms with Crippen LogP contribution in [0.1, 0.15) is 72.1 Å². The van der Waals surface area contributed by atoms with Gasteiger partial charge in [-0.25, -0.2) is 14.6 Å². The zero-order chi connectivity index (χ0) is 26.3. The maximum absolute atomic E-state index is 12.6. The number of esters is 1. The molecular weight excluding hydrogens is 476 g/mol. The summed E-state index contributed by atoms with van der Waals surface area (Å²) in [7, 11) is 0. The first kappa shape index (κ1) is 26.8. The molecule has 36 heavy (non-hydrogen) atoms. The molecule has 2 amide bonds. The molecule has 2 bridgehead atoms. The molecule has 12 nitrogen and oxygen atoms in total. The van der Waals surface area contributed by atoms with Gasteiger partial charge in [-0.2, -0.15) is 0 Å². The van der Waals surface area contributed by atoms with Crippen LogP contribution in [0, 0.1) is 23.7 Å². The summed E-state index contributed by atoms with van der Waals surface area (Å²) in [5.41, 5.74) is 4.27. The summed E-state index contributed by atoms with van der Waals surface area (Å²) in [5, 5.41) is 11.5. The number of amides is 2. The Morgan fingerprint density at radius 1 is 1.08 bits per heavy atom. The summed E-state index contributed by atoms with van der Waals surface area (Å²) in [4.78, 5) is 58.9. The lowest BCUT2D eigenvalue weighted by Crippen LogP contribution is -2.70. The summed E-state index contributed by atoms with van der Waals surface area (Å²) >= 11 is 0. The minimum atomic E-state index is -1.29. The SMILES string of the molecule is C[C@H]1[C@H](OC(=O)CCC(=O)N[C@H](CCC(N)=O)C(=O)O)O[C@@H]2O[C@@]3(C)CC[C@H]4[C@H](C)CC[C@@H]1[C@@]24OO3. The average Bonchev–Trinajstić information content (AvgIpc) is 3.04. The predicted octanol–water partition coefficient (Wildman–Crippen LogP) is 1.35. The van der Waals surface area contributed by atoms with Crippen molar-refractivity contribution in [2.75, 3.05) is 0 Å². The van der Waals surface area contributed by atoms with Crippen LogP contribution < -0.4 is 11.1 Å². The number of aliphatic carboxylic acids is 1. The van der Waals surface area contributed by atoms with Crippen molar-refractivity contribution in [2.45, 2.75) is 102 Å². The van der Waals surface area contributed by atoms with Gasteiger partial charge in [-0.3, -0.25) is 14.4 Å². The Labute approximate surface area is 209 Å². The number of primary amides is 1.